The number of ether oxygens (including phenoxy) is 1. The number of esters is 1. The molecule has 3 radical (unpaired) electrons. The van der Waals surface area contributed by atoms with E-state index in [0.717, 1.165) is 3.57 Å². The van der Waals surface area contributed by atoms with Crippen molar-refractivity contribution >= 4 is 38.8 Å². The minimum Gasteiger partial charge on any atom is -0.507 e. The number of carbonyl (C=O) groups excluding carboxylic acids is 1. The van der Waals surface area contributed by atoms with Gasteiger partial charge in [0.05, 0.1) is 16.5 Å². The first kappa shape index (κ1) is 10.5. The monoisotopic (exact) mass is 305 g/mol. The molecule has 0 spiro atoms. The number of rotatable bonds is 2. The van der Waals surface area contributed by atoms with Crippen molar-refractivity contribution in [3.8, 4) is 5.75 Å². The molecule has 5 heteroatoms. The Morgan fingerprint density at radius 1 is 1.62 bits per heavy atom. The number of phenols is 1. The molecule has 67 valence electrons. The molecule has 0 amide bonds. The summed E-state index contributed by atoms with van der Waals surface area (Å²) in [5.41, 5.74) is 0.179. The molecule has 0 aliphatic heterocycles. The highest BCUT2D eigenvalue weighted by Crippen LogP contribution is 2.20. The summed E-state index contributed by atoms with van der Waals surface area (Å²) >= 11 is 2.05. The van der Waals surface area contributed by atoms with E-state index in [1.807, 2.05) is 22.6 Å². The number of benzene rings is 1. The van der Waals surface area contributed by atoms with Crippen LogP contribution in [-0.2, 0) is 4.74 Å². The Bertz CT molecular complexity index is 327. The van der Waals surface area contributed by atoms with Gasteiger partial charge in [0.1, 0.15) is 11.3 Å². The lowest BCUT2D eigenvalue weighted by atomic mass is 10.2. The van der Waals surface area contributed by atoms with Gasteiger partial charge in [0.2, 0.25) is 0 Å². The van der Waals surface area contributed by atoms with Gasteiger partial charge < -0.3 is 9.84 Å². The van der Waals surface area contributed by atoms with Crippen LogP contribution in [0.3, 0.4) is 0 Å². The fourth-order valence-electron chi connectivity index (χ4n) is 0.821. The number of hydrogen-bond acceptors (Lipinski definition) is 3. The molecule has 1 N–H and O–H groups in total. The molecule has 0 bridgehead atoms. The van der Waals surface area contributed by atoms with Gasteiger partial charge in [0, 0.05) is 3.57 Å². The third-order valence-corrected chi connectivity index (χ3v) is 2.20. The molecule has 0 heterocycles. The van der Waals surface area contributed by atoms with Gasteiger partial charge in [0.25, 0.3) is 0 Å². The summed E-state index contributed by atoms with van der Waals surface area (Å²) in [5, 5.41) is 9.37. The summed E-state index contributed by atoms with van der Waals surface area (Å²) in [6.07, 6.45) is 0.115. The van der Waals surface area contributed by atoms with E-state index in [-0.39, 0.29) is 17.5 Å². The highest BCUT2D eigenvalue weighted by molar-refractivity contribution is 14.1. The average molecular weight is 305 g/mol. The Morgan fingerprint density at radius 2 is 2.31 bits per heavy atom. The first-order chi connectivity index (χ1) is 6.15. The molecule has 0 aliphatic rings. The SMILES string of the molecule is O=C(OC[Si])c1ccc(I)cc1O. The highest BCUT2D eigenvalue weighted by Gasteiger charge is 2.11. The third kappa shape index (κ3) is 2.70. The predicted octanol–water partition coefficient (Wildman–Crippen LogP) is 1.28. The van der Waals surface area contributed by atoms with Crippen LogP contribution in [0.25, 0.3) is 0 Å². The molecule has 0 fully saturated rings. The van der Waals surface area contributed by atoms with Crippen LogP contribution in [0.5, 0.6) is 5.75 Å². The smallest absolute Gasteiger partial charge is 0.341 e. The van der Waals surface area contributed by atoms with Crippen molar-refractivity contribution < 1.29 is 14.6 Å². The van der Waals surface area contributed by atoms with Crippen molar-refractivity contribution in [1.29, 1.82) is 0 Å². The molecular weight excluding hydrogens is 299 g/mol. The zero-order chi connectivity index (χ0) is 9.84. The van der Waals surface area contributed by atoms with Gasteiger partial charge in [-0.25, -0.2) is 4.79 Å². The molecule has 0 saturated carbocycles. The summed E-state index contributed by atoms with van der Waals surface area (Å²) in [5.74, 6) is -0.596. The molecule has 0 unspecified atom stereocenters. The minimum absolute atomic E-state index is 0.0583. The van der Waals surface area contributed by atoms with Gasteiger partial charge >= 0.3 is 5.97 Å². The maximum Gasteiger partial charge on any atom is 0.341 e. The Kier molecular flexibility index (Phi) is 3.73. The maximum absolute atomic E-state index is 11.2. The van der Waals surface area contributed by atoms with Crippen LogP contribution < -0.4 is 0 Å². The Labute approximate surface area is 92.7 Å². The van der Waals surface area contributed by atoms with Crippen LogP contribution in [0.2, 0.25) is 0 Å². The number of hydrogen-bond donors (Lipinski definition) is 1. The minimum atomic E-state index is -0.538. The molecule has 0 aliphatic carbocycles. The molecule has 1 rings (SSSR count). The quantitative estimate of drug-likeness (QED) is 0.509. The van der Waals surface area contributed by atoms with Crippen molar-refractivity contribution in [3.05, 3.63) is 27.3 Å². The number of carbonyl (C=O) groups is 1. The molecule has 0 aromatic heterocycles. The van der Waals surface area contributed by atoms with Crippen molar-refractivity contribution in [2.24, 2.45) is 0 Å². The number of aromatic hydroxyl groups is 1. The third-order valence-electron chi connectivity index (χ3n) is 1.38. The fraction of sp³-hybridized carbons (Fsp3) is 0.125. The summed E-state index contributed by atoms with van der Waals surface area (Å²) in [4.78, 5) is 11.2. The van der Waals surface area contributed by atoms with E-state index in [9.17, 15) is 9.90 Å². The molecule has 1 aromatic carbocycles. The molecular formula is C8H6IO3Si. The van der Waals surface area contributed by atoms with Crippen LogP contribution in [-0.4, -0.2) is 27.5 Å². The van der Waals surface area contributed by atoms with E-state index in [1.54, 1.807) is 6.07 Å². The van der Waals surface area contributed by atoms with Gasteiger partial charge in [-0.3, -0.25) is 0 Å². The zero-order valence-electron chi connectivity index (χ0n) is 6.58. The molecule has 3 nitrogen and oxygen atoms in total. The number of halogens is 1. The molecule has 0 saturated heterocycles. The van der Waals surface area contributed by atoms with E-state index in [0.29, 0.717) is 0 Å². The maximum atomic E-state index is 11.2. The molecule has 0 atom stereocenters. The summed E-state index contributed by atoms with van der Waals surface area (Å²) < 4.78 is 5.53. The second-order valence-corrected chi connectivity index (χ2v) is 3.77. The lowest BCUT2D eigenvalue weighted by molar-refractivity contribution is 0.0570. The second-order valence-electron chi connectivity index (χ2n) is 2.24. The first-order valence-corrected chi connectivity index (χ1v) is 5.24. The van der Waals surface area contributed by atoms with Gasteiger partial charge in [-0.2, -0.15) is 0 Å². The number of phenolic OH excluding ortho intramolecular Hbond substituents is 1. The Morgan fingerprint density at radius 3 is 2.85 bits per heavy atom. The van der Waals surface area contributed by atoms with Crippen molar-refractivity contribution in [1.82, 2.24) is 0 Å². The normalized spacial score (nSPS) is 9.69. The summed E-state index contributed by atoms with van der Waals surface area (Å²) in [6, 6.07) is 4.76. The van der Waals surface area contributed by atoms with E-state index >= 15 is 0 Å². The van der Waals surface area contributed by atoms with Crippen LogP contribution in [0, 0.1) is 3.57 Å². The Balaban J connectivity index is 2.95. The van der Waals surface area contributed by atoms with E-state index < -0.39 is 5.97 Å². The van der Waals surface area contributed by atoms with Crippen molar-refractivity contribution in [2.75, 3.05) is 6.23 Å². The first-order valence-electron chi connectivity index (χ1n) is 3.45. The van der Waals surface area contributed by atoms with E-state index in [2.05, 4.69) is 15.0 Å². The van der Waals surface area contributed by atoms with E-state index in [4.69, 9.17) is 0 Å². The Hall–Kier alpha value is -0.563. The predicted molar refractivity (Wildman–Crippen MR) is 56.9 cm³/mol. The second kappa shape index (κ2) is 4.61. The van der Waals surface area contributed by atoms with Crippen LogP contribution >= 0.6 is 22.6 Å². The zero-order valence-corrected chi connectivity index (χ0v) is 9.74. The largest absolute Gasteiger partial charge is 0.507 e. The van der Waals surface area contributed by atoms with Crippen LogP contribution in [0.4, 0.5) is 0 Å². The fourth-order valence-corrected chi connectivity index (χ4v) is 1.43. The van der Waals surface area contributed by atoms with Crippen molar-refractivity contribution in [3.63, 3.8) is 0 Å². The van der Waals surface area contributed by atoms with Gasteiger partial charge in [-0.1, -0.05) is 0 Å². The van der Waals surface area contributed by atoms with Gasteiger partial charge in [0.15, 0.2) is 0 Å². The molecule has 1 aromatic rings. The van der Waals surface area contributed by atoms with Gasteiger partial charge in [-0.15, -0.1) is 0 Å². The van der Waals surface area contributed by atoms with E-state index in [1.165, 1.54) is 12.1 Å². The lowest BCUT2D eigenvalue weighted by Gasteiger charge is -2.03. The average Bonchev–Trinajstić information content (AvgIpc) is 2.04. The van der Waals surface area contributed by atoms with Gasteiger partial charge in [-0.05, 0) is 40.8 Å². The van der Waals surface area contributed by atoms with Crippen LogP contribution in [0.1, 0.15) is 10.4 Å². The highest BCUT2D eigenvalue weighted by atomic mass is 127. The lowest BCUT2D eigenvalue weighted by Crippen LogP contribution is -2.06. The van der Waals surface area contributed by atoms with Crippen LogP contribution in [0.15, 0.2) is 18.2 Å². The molecule has 13 heavy (non-hydrogen) atoms. The van der Waals surface area contributed by atoms with Crippen molar-refractivity contribution in [2.45, 2.75) is 0 Å². The standard InChI is InChI=1S/C8H6IO3Si/c9-5-1-2-6(7(10)3-5)8(11)12-4-13/h1-3,10H,4H2. The summed E-state index contributed by atoms with van der Waals surface area (Å²) in [7, 11) is 3.01. The topological polar surface area (TPSA) is 46.5 Å². The summed E-state index contributed by atoms with van der Waals surface area (Å²) in [6.45, 7) is 0.